The molecule has 3 aromatic rings. The Hall–Kier alpha value is -4.49. The number of aliphatic hydroxyl groups is 1. The molecule has 3 atom stereocenters. The Morgan fingerprint density at radius 3 is 1.95 bits per heavy atom. The third-order valence-electron chi connectivity index (χ3n) is 5.70. The molecule has 3 amide bonds. The first kappa shape index (κ1) is 30.7. The third kappa shape index (κ3) is 9.39. The molecule has 6 N–H and O–H groups in total. The monoisotopic (exact) mass is 530 g/mol. The fourth-order valence-corrected chi connectivity index (χ4v) is 3.50. The summed E-state index contributed by atoms with van der Waals surface area (Å²) in [5.41, 5.74) is 4.86. The lowest BCUT2D eigenvalue weighted by molar-refractivity contribution is -0.133. The second-order valence-electron chi connectivity index (χ2n) is 8.63. The van der Waals surface area contributed by atoms with Gasteiger partial charge in [0.2, 0.25) is 5.91 Å². The van der Waals surface area contributed by atoms with Crippen molar-refractivity contribution in [3.63, 3.8) is 0 Å². The summed E-state index contributed by atoms with van der Waals surface area (Å²) in [6, 6.07) is 22.2. The zero-order chi connectivity index (χ0) is 27.5. The molecule has 3 rings (SSSR count). The molecule has 0 radical (unpaired) electrons. The Kier molecular flexibility index (Phi) is 11.9. The number of benzene rings is 3. The highest BCUT2D eigenvalue weighted by Crippen LogP contribution is 2.12. The van der Waals surface area contributed by atoms with Gasteiger partial charge in [0, 0.05) is 28.4 Å². The number of nitrogens with one attached hydrogen (secondary N) is 4. The Morgan fingerprint density at radius 2 is 1.41 bits per heavy atom. The first-order chi connectivity index (χ1) is 18.3. The zero-order valence-corrected chi connectivity index (χ0v) is 21.1. The van der Waals surface area contributed by atoms with Gasteiger partial charge >= 0.3 is 0 Å². The lowest BCUT2D eigenvalue weighted by Gasteiger charge is -2.19. The first-order valence-electron chi connectivity index (χ1n) is 12.0. The number of carbonyl (C=O) groups is 3. The molecular weight excluding hydrogens is 496 g/mol. The van der Waals surface area contributed by atoms with Crippen molar-refractivity contribution in [1.29, 1.82) is 0 Å². The van der Waals surface area contributed by atoms with E-state index in [-0.39, 0.29) is 31.5 Å². The van der Waals surface area contributed by atoms with Crippen molar-refractivity contribution in [2.24, 2.45) is 0 Å². The summed E-state index contributed by atoms with van der Waals surface area (Å²) in [4.78, 5) is 36.2. The molecule has 0 aliphatic heterocycles. The molecule has 39 heavy (non-hydrogen) atoms. The molecule has 0 heterocycles. The lowest BCUT2D eigenvalue weighted by Crippen LogP contribution is -2.51. The van der Waals surface area contributed by atoms with Crippen LogP contribution < -0.4 is 21.4 Å². The van der Waals surface area contributed by atoms with Crippen LogP contribution in [0.2, 0.25) is 0 Å². The largest absolute Gasteiger partial charge is 0.391 e. The quantitative estimate of drug-likeness (QED) is 0.143. The van der Waals surface area contributed by atoms with Crippen LogP contribution in [0.15, 0.2) is 78.9 Å². The summed E-state index contributed by atoms with van der Waals surface area (Å²) >= 11 is 0. The van der Waals surface area contributed by atoms with Crippen LogP contribution in [0.4, 0.5) is 5.69 Å². The van der Waals surface area contributed by atoms with Gasteiger partial charge in [0.1, 0.15) is 6.04 Å². The van der Waals surface area contributed by atoms with Crippen LogP contribution in [0.1, 0.15) is 54.4 Å². The molecule has 204 valence electrons. The Balaban J connectivity index is 0.00000533. The van der Waals surface area contributed by atoms with Gasteiger partial charge in [-0.1, -0.05) is 49.6 Å². The fourth-order valence-electron chi connectivity index (χ4n) is 3.50. The highest BCUT2D eigenvalue weighted by atomic mass is 16.5. The van der Waals surface area contributed by atoms with E-state index in [0.29, 0.717) is 11.3 Å². The summed E-state index contributed by atoms with van der Waals surface area (Å²) in [5, 5.41) is 26.8. The predicted octanol–water partition coefficient (Wildman–Crippen LogP) is 3.00. The summed E-state index contributed by atoms with van der Waals surface area (Å²) < 4.78 is 0. The number of rotatable bonds is 9. The van der Waals surface area contributed by atoms with Crippen LogP contribution in [-0.2, 0) is 9.59 Å². The van der Waals surface area contributed by atoms with Crippen LogP contribution in [-0.4, -0.2) is 46.7 Å². The van der Waals surface area contributed by atoms with Crippen molar-refractivity contribution < 1.29 is 24.7 Å². The van der Waals surface area contributed by atoms with Crippen molar-refractivity contribution in [2.75, 3.05) is 11.9 Å². The van der Waals surface area contributed by atoms with Gasteiger partial charge in [0.25, 0.3) is 11.8 Å². The van der Waals surface area contributed by atoms with E-state index < -0.39 is 24.0 Å². The van der Waals surface area contributed by atoms with E-state index in [1.807, 2.05) is 37.3 Å². The summed E-state index contributed by atoms with van der Waals surface area (Å²) in [7, 11) is 0. The standard InChI is InChI=1S/C29H30N4O5.CH4/c1-19(23-6-4-3-5-7-23)30-18-26(35)31-25-16-12-22(13-17-25)9-8-21-10-14-24(15-11-21)28(36)32-27(20(2)34)29(37)33-38;/h3-7,10-17,19-20,27,30,34,38H,18H2,1-2H3,(H,31,35)(H,32,36)(H,33,37);1H4/t19-,20+,27-;/m0./s1. The number of hydrogen-bond acceptors (Lipinski definition) is 6. The molecule has 0 saturated heterocycles. The van der Waals surface area contributed by atoms with Crippen molar-refractivity contribution in [3.05, 3.63) is 101 Å². The van der Waals surface area contributed by atoms with E-state index in [1.54, 1.807) is 48.5 Å². The molecule has 0 fully saturated rings. The van der Waals surface area contributed by atoms with Gasteiger partial charge in [-0.2, -0.15) is 0 Å². The first-order valence-corrected chi connectivity index (χ1v) is 12.0. The summed E-state index contributed by atoms with van der Waals surface area (Å²) in [6.07, 6.45) is -1.20. The molecule has 0 aromatic heterocycles. The second-order valence-corrected chi connectivity index (χ2v) is 8.63. The van der Waals surface area contributed by atoms with Gasteiger partial charge in [-0.15, -0.1) is 0 Å². The number of amides is 3. The molecule has 9 heteroatoms. The Morgan fingerprint density at radius 1 is 0.846 bits per heavy atom. The van der Waals surface area contributed by atoms with Crippen molar-refractivity contribution in [1.82, 2.24) is 16.1 Å². The highest BCUT2D eigenvalue weighted by Gasteiger charge is 2.25. The van der Waals surface area contributed by atoms with Crippen LogP contribution in [0.25, 0.3) is 0 Å². The maximum Gasteiger partial charge on any atom is 0.268 e. The topological polar surface area (TPSA) is 140 Å². The molecule has 0 aliphatic carbocycles. The van der Waals surface area contributed by atoms with E-state index in [9.17, 15) is 19.5 Å². The summed E-state index contributed by atoms with van der Waals surface area (Å²) in [6.45, 7) is 3.51. The Labute approximate surface area is 228 Å². The van der Waals surface area contributed by atoms with Crippen molar-refractivity contribution in [3.8, 4) is 11.8 Å². The van der Waals surface area contributed by atoms with Gasteiger partial charge < -0.3 is 21.1 Å². The van der Waals surface area contributed by atoms with Crippen LogP contribution in [0.5, 0.6) is 0 Å². The molecule has 9 nitrogen and oxygen atoms in total. The van der Waals surface area contributed by atoms with Crippen molar-refractivity contribution >= 4 is 23.4 Å². The zero-order valence-electron chi connectivity index (χ0n) is 21.1. The second kappa shape index (κ2) is 15.1. The number of hydroxylamine groups is 1. The van der Waals surface area contributed by atoms with Crippen LogP contribution >= 0.6 is 0 Å². The van der Waals surface area contributed by atoms with E-state index >= 15 is 0 Å². The van der Waals surface area contributed by atoms with Crippen LogP contribution in [0.3, 0.4) is 0 Å². The van der Waals surface area contributed by atoms with Gasteiger partial charge in [-0.25, -0.2) is 5.48 Å². The minimum atomic E-state index is -1.30. The summed E-state index contributed by atoms with van der Waals surface area (Å²) in [5.74, 6) is 4.39. The lowest BCUT2D eigenvalue weighted by atomic mass is 10.1. The highest BCUT2D eigenvalue weighted by molar-refractivity contribution is 5.97. The van der Waals surface area contributed by atoms with E-state index in [4.69, 9.17) is 5.21 Å². The SMILES string of the molecule is C.C[C@H](NCC(=O)Nc1ccc(C#Cc2ccc(C(=O)N[C@H](C(=O)NO)[C@@H](C)O)cc2)cc1)c1ccccc1. The van der Waals surface area contributed by atoms with Gasteiger partial charge in [-0.05, 0) is 67.9 Å². The predicted molar refractivity (Wildman–Crippen MR) is 150 cm³/mol. The molecule has 0 spiro atoms. The van der Waals surface area contributed by atoms with E-state index in [0.717, 1.165) is 11.1 Å². The third-order valence-corrected chi connectivity index (χ3v) is 5.70. The van der Waals surface area contributed by atoms with Gasteiger partial charge in [0.05, 0.1) is 12.6 Å². The number of hydrogen-bond donors (Lipinski definition) is 6. The molecule has 0 aliphatic rings. The number of anilines is 1. The molecule has 0 unspecified atom stereocenters. The minimum absolute atomic E-state index is 0. The fraction of sp³-hybridized carbons (Fsp3) is 0.233. The molecule has 0 saturated carbocycles. The number of carbonyl (C=O) groups excluding carboxylic acids is 3. The molecular formula is C30H34N4O5. The normalized spacial score (nSPS) is 12.4. The molecule has 0 bridgehead atoms. The number of aliphatic hydroxyl groups excluding tert-OH is 1. The van der Waals surface area contributed by atoms with Crippen LogP contribution in [0, 0.1) is 11.8 Å². The Bertz CT molecular complexity index is 1300. The van der Waals surface area contributed by atoms with Gasteiger partial charge in [0.15, 0.2) is 0 Å². The van der Waals surface area contributed by atoms with Crippen molar-refractivity contribution in [2.45, 2.75) is 39.5 Å². The maximum atomic E-state index is 12.4. The maximum absolute atomic E-state index is 12.4. The van der Waals surface area contributed by atoms with E-state index in [1.165, 1.54) is 12.4 Å². The van der Waals surface area contributed by atoms with E-state index in [2.05, 4.69) is 27.8 Å². The van der Waals surface area contributed by atoms with Gasteiger partial charge in [-0.3, -0.25) is 19.6 Å². The average molecular weight is 531 g/mol. The average Bonchev–Trinajstić information content (AvgIpc) is 2.94. The molecule has 3 aromatic carbocycles. The minimum Gasteiger partial charge on any atom is -0.391 e. The smallest absolute Gasteiger partial charge is 0.268 e.